The number of amides is 2. The molecule has 0 aromatic rings. The zero-order valence-corrected chi connectivity index (χ0v) is 8.32. The number of halogens is 1. The van der Waals surface area contributed by atoms with Gasteiger partial charge in [-0.2, -0.15) is 0 Å². The molecule has 2 amide bonds. The normalized spacial score (nSPS) is 17.3. The fourth-order valence-corrected chi connectivity index (χ4v) is 1.45. The summed E-state index contributed by atoms with van der Waals surface area (Å²) < 4.78 is 0. The van der Waals surface area contributed by atoms with Gasteiger partial charge in [0, 0.05) is 6.04 Å². The molecule has 13 heavy (non-hydrogen) atoms. The summed E-state index contributed by atoms with van der Waals surface area (Å²) in [4.78, 5) is 10.6. The Bertz CT molecular complexity index is 149. The maximum Gasteiger partial charge on any atom is 0.343 e. The van der Waals surface area contributed by atoms with Crippen molar-refractivity contribution in [3.05, 3.63) is 0 Å². The second-order valence-electron chi connectivity index (χ2n) is 3.08. The van der Waals surface area contributed by atoms with Gasteiger partial charge in [0.2, 0.25) is 0 Å². The fraction of sp³-hybridized carbons (Fsp3) is 0.857. The Labute approximate surface area is 84.2 Å². The fourth-order valence-electron chi connectivity index (χ4n) is 1.45. The van der Waals surface area contributed by atoms with Crippen molar-refractivity contribution >= 4 is 18.4 Å². The Hall–Kier alpha value is -0.520. The summed E-state index contributed by atoms with van der Waals surface area (Å²) in [5.41, 5.74) is 7.40. The molecule has 1 saturated carbocycles. The van der Waals surface area contributed by atoms with Gasteiger partial charge in [0.05, 0.1) is 0 Å². The van der Waals surface area contributed by atoms with Gasteiger partial charge in [0.1, 0.15) is 0 Å². The molecule has 1 aliphatic carbocycles. The first kappa shape index (κ1) is 12.5. The van der Waals surface area contributed by atoms with E-state index in [9.17, 15) is 4.79 Å². The number of carbonyl (C=O) groups is 1. The quantitative estimate of drug-likeness (QED) is 0.302. The first-order valence-electron chi connectivity index (χ1n) is 4.35. The van der Waals surface area contributed by atoms with Crippen LogP contribution in [0, 0.1) is 0 Å². The van der Waals surface area contributed by atoms with Crippen molar-refractivity contribution in [2.24, 2.45) is 5.84 Å². The highest BCUT2D eigenvalue weighted by atomic mass is 35.5. The molecular weight excluding hydrogens is 192 g/mol. The molecule has 5 N–H and O–H groups in total. The van der Waals surface area contributed by atoms with E-state index in [0.717, 1.165) is 12.8 Å². The zero-order chi connectivity index (χ0) is 8.81. The summed E-state index contributed by atoms with van der Waals surface area (Å²) >= 11 is 0. The van der Waals surface area contributed by atoms with Gasteiger partial charge in [-0.3, -0.25) is 10.9 Å². The molecule has 0 bridgehead atoms. The molecule has 1 fully saturated rings. The van der Waals surface area contributed by atoms with Crippen molar-refractivity contribution < 1.29 is 4.79 Å². The molecule has 0 heterocycles. The molecule has 0 spiro atoms. The van der Waals surface area contributed by atoms with Crippen molar-refractivity contribution in [3.63, 3.8) is 0 Å². The van der Waals surface area contributed by atoms with E-state index in [4.69, 9.17) is 5.84 Å². The average molecular weight is 209 g/mol. The molecule has 0 atom stereocenters. The molecule has 5 nitrogen and oxygen atoms in total. The number of nitrogens with two attached hydrogens (primary N) is 1. The van der Waals surface area contributed by atoms with Crippen LogP contribution in [0.3, 0.4) is 0 Å². The third kappa shape index (κ3) is 4.92. The highest BCUT2D eigenvalue weighted by molar-refractivity contribution is 5.85. The van der Waals surface area contributed by atoms with Gasteiger partial charge in [-0.15, -0.1) is 12.4 Å². The van der Waals surface area contributed by atoms with Crippen LogP contribution in [0.25, 0.3) is 0 Å². The largest absolute Gasteiger partial charge is 0.343 e. The highest BCUT2D eigenvalue weighted by Crippen LogP contribution is 2.16. The SMILES string of the molecule is Cl.NNC(=O)NNC1CCCCC1. The summed E-state index contributed by atoms with van der Waals surface area (Å²) in [5, 5.41) is 0. The van der Waals surface area contributed by atoms with E-state index in [2.05, 4.69) is 10.9 Å². The van der Waals surface area contributed by atoms with Crippen molar-refractivity contribution in [3.8, 4) is 0 Å². The number of rotatable bonds is 2. The maximum atomic E-state index is 10.6. The molecule has 78 valence electrons. The molecule has 0 radical (unpaired) electrons. The molecular formula is C7H17ClN4O. The van der Waals surface area contributed by atoms with E-state index >= 15 is 0 Å². The Morgan fingerprint density at radius 2 is 1.85 bits per heavy atom. The van der Waals surface area contributed by atoms with Crippen LogP contribution >= 0.6 is 12.4 Å². The lowest BCUT2D eigenvalue weighted by Crippen LogP contribution is -2.51. The highest BCUT2D eigenvalue weighted by Gasteiger charge is 2.12. The Kier molecular flexibility index (Phi) is 6.66. The van der Waals surface area contributed by atoms with Gasteiger partial charge in [0.15, 0.2) is 0 Å². The van der Waals surface area contributed by atoms with Gasteiger partial charge >= 0.3 is 6.03 Å². The predicted octanol–water partition coefficient (Wildman–Crippen LogP) is 0.418. The number of hydrogen-bond donors (Lipinski definition) is 4. The van der Waals surface area contributed by atoms with Crippen molar-refractivity contribution in [2.75, 3.05) is 0 Å². The van der Waals surface area contributed by atoms with Gasteiger partial charge in [-0.25, -0.2) is 16.1 Å². The summed E-state index contributed by atoms with van der Waals surface area (Å²) in [5.74, 6) is 4.89. The van der Waals surface area contributed by atoms with Crippen LogP contribution < -0.4 is 22.1 Å². The van der Waals surface area contributed by atoms with Crippen LogP contribution in [0.15, 0.2) is 0 Å². The molecule has 0 aliphatic heterocycles. The Morgan fingerprint density at radius 1 is 1.23 bits per heavy atom. The van der Waals surface area contributed by atoms with Gasteiger partial charge in [0.25, 0.3) is 0 Å². The lowest BCUT2D eigenvalue weighted by Gasteiger charge is -2.22. The van der Waals surface area contributed by atoms with Crippen molar-refractivity contribution in [1.82, 2.24) is 16.3 Å². The van der Waals surface area contributed by atoms with E-state index in [1.807, 2.05) is 5.43 Å². The van der Waals surface area contributed by atoms with E-state index in [1.165, 1.54) is 19.3 Å². The summed E-state index contributed by atoms with van der Waals surface area (Å²) in [7, 11) is 0. The zero-order valence-electron chi connectivity index (χ0n) is 7.51. The average Bonchev–Trinajstić information content (AvgIpc) is 2.16. The molecule has 6 heteroatoms. The van der Waals surface area contributed by atoms with E-state index in [1.54, 1.807) is 0 Å². The van der Waals surface area contributed by atoms with Gasteiger partial charge < -0.3 is 0 Å². The lowest BCUT2D eigenvalue weighted by atomic mass is 9.96. The summed E-state index contributed by atoms with van der Waals surface area (Å²) in [6.45, 7) is 0. The number of hydrogen-bond acceptors (Lipinski definition) is 3. The lowest BCUT2D eigenvalue weighted by molar-refractivity contribution is 0.230. The van der Waals surface area contributed by atoms with Crippen LogP contribution in [0.2, 0.25) is 0 Å². The van der Waals surface area contributed by atoms with Crippen LogP contribution in [0.5, 0.6) is 0 Å². The minimum absolute atomic E-state index is 0. The van der Waals surface area contributed by atoms with E-state index in [-0.39, 0.29) is 18.4 Å². The number of hydrazine groups is 2. The molecule has 1 aliphatic rings. The molecule has 1 rings (SSSR count). The number of carbonyl (C=O) groups excluding carboxylic acids is 1. The number of nitrogens with one attached hydrogen (secondary N) is 3. The monoisotopic (exact) mass is 208 g/mol. The summed E-state index contributed by atoms with van der Waals surface area (Å²) in [6.07, 6.45) is 6.05. The standard InChI is InChI=1S/C7H16N4O.ClH/c8-9-7(12)11-10-6-4-2-1-3-5-6;/h6,10H,1-5,8H2,(H2,9,11,12);1H. The van der Waals surface area contributed by atoms with Gasteiger partial charge in [-0.1, -0.05) is 19.3 Å². The van der Waals surface area contributed by atoms with Crippen LogP contribution in [-0.4, -0.2) is 12.1 Å². The Morgan fingerprint density at radius 3 is 2.38 bits per heavy atom. The first-order chi connectivity index (χ1) is 5.83. The predicted molar refractivity (Wildman–Crippen MR) is 53.1 cm³/mol. The van der Waals surface area contributed by atoms with Crippen LogP contribution in [0.1, 0.15) is 32.1 Å². The molecule has 0 aromatic heterocycles. The Balaban J connectivity index is 0.00000144. The van der Waals surface area contributed by atoms with Crippen LogP contribution in [0.4, 0.5) is 4.79 Å². The van der Waals surface area contributed by atoms with E-state index in [0.29, 0.717) is 6.04 Å². The molecule has 0 saturated heterocycles. The smallest absolute Gasteiger partial charge is 0.275 e. The summed E-state index contributed by atoms with van der Waals surface area (Å²) in [6, 6.07) is 0.0247. The molecule has 0 aromatic carbocycles. The van der Waals surface area contributed by atoms with Crippen molar-refractivity contribution in [1.29, 1.82) is 0 Å². The van der Waals surface area contributed by atoms with Gasteiger partial charge in [-0.05, 0) is 12.8 Å². The molecule has 0 unspecified atom stereocenters. The minimum Gasteiger partial charge on any atom is -0.275 e. The first-order valence-corrected chi connectivity index (χ1v) is 4.35. The maximum absolute atomic E-state index is 10.6. The number of urea groups is 1. The topological polar surface area (TPSA) is 79.2 Å². The van der Waals surface area contributed by atoms with Crippen molar-refractivity contribution in [2.45, 2.75) is 38.1 Å². The minimum atomic E-state index is -0.388. The third-order valence-corrected chi connectivity index (χ3v) is 2.13. The third-order valence-electron chi connectivity index (χ3n) is 2.13. The van der Waals surface area contributed by atoms with Crippen LogP contribution in [-0.2, 0) is 0 Å². The van der Waals surface area contributed by atoms with E-state index < -0.39 is 0 Å². The second kappa shape index (κ2) is 6.94. The second-order valence-corrected chi connectivity index (χ2v) is 3.08.